The fourth-order valence-electron chi connectivity index (χ4n) is 4.35. The van der Waals surface area contributed by atoms with E-state index in [1.54, 1.807) is 18.2 Å². The SMILES string of the molecule is Cc1cc(=O)c2cccc(C(=O)N3CC[C@@]4(CCN(C)C4)C3)c2[nH]1. The van der Waals surface area contributed by atoms with Crippen LogP contribution in [0.1, 0.15) is 28.9 Å². The number of hydrogen-bond acceptors (Lipinski definition) is 3. The molecule has 5 heteroatoms. The Labute approximate surface area is 141 Å². The fourth-order valence-corrected chi connectivity index (χ4v) is 4.35. The minimum absolute atomic E-state index is 0.0354. The molecule has 2 saturated heterocycles. The fraction of sp³-hybridized carbons (Fsp3) is 0.474. The topological polar surface area (TPSA) is 56.4 Å². The van der Waals surface area contributed by atoms with Gasteiger partial charge in [0.2, 0.25) is 0 Å². The van der Waals surface area contributed by atoms with E-state index in [0.29, 0.717) is 16.5 Å². The maximum atomic E-state index is 13.1. The maximum Gasteiger partial charge on any atom is 0.256 e. The summed E-state index contributed by atoms with van der Waals surface area (Å²) < 4.78 is 0. The second-order valence-electron chi connectivity index (χ2n) is 7.51. The van der Waals surface area contributed by atoms with E-state index in [-0.39, 0.29) is 16.8 Å². The van der Waals surface area contributed by atoms with E-state index in [0.717, 1.165) is 38.3 Å². The van der Waals surface area contributed by atoms with Gasteiger partial charge in [0.1, 0.15) is 0 Å². The molecular weight excluding hydrogens is 302 g/mol. The van der Waals surface area contributed by atoms with Gasteiger partial charge in [0.15, 0.2) is 5.43 Å². The van der Waals surface area contributed by atoms with Gasteiger partial charge < -0.3 is 14.8 Å². The highest BCUT2D eigenvalue weighted by Gasteiger charge is 2.44. The van der Waals surface area contributed by atoms with Crippen LogP contribution in [0.25, 0.3) is 10.9 Å². The van der Waals surface area contributed by atoms with Gasteiger partial charge in [0.25, 0.3) is 5.91 Å². The van der Waals surface area contributed by atoms with Gasteiger partial charge in [-0.15, -0.1) is 0 Å². The molecule has 126 valence electrons. The first-order chi connectivity index (χ1) is 11.5. The smallest absolute Gasteiger partial charge is 0.256 e. The van der Waals surface area contributed by atoms with Crippen molar-refractivity contribution in [1.82, 2.24) is 14.8 Å². The molecule has 0 unspecified atom stereocenters. The molecule has 1 atom stereocenters. The number of aromatic nitrogens is 1. The van der Waals surface area contributed by atoms with Crippen LogP contribution in [0.3, 0.4) is 0 Å². The zero-order valence-electron chi connectivity index (χ0n) is 14.3. The van der Waals surface area contributed by atoms with Crippen molar-refractivity contribution >= 4 is 16.8 Å². The van der Waals surface area contributed by atoms with Gasteiger partial charge in [0, 0.05) is 42.2 Å². The van der Waals surface area contributed by atoms with E-state index in [1.807, 2.05) is 17.9 Å². The highest BCUT2D eigenvalue weighted by Crippen LogP contribution is 2.39. The molecule has 0 bridgehead atoms. The van der Waals surface area contributed by atoms with Gasteiger partial charge in [0.05, 0.1) is 11.1 Å². The molecule has 1 N–H and O–H groups in total. The number of H-pyrrole nitrogens is 1. The van der Waals surface area contributed by atoms with Crippen LogP contribution in [-0.4, -0.2) is 53.9 Å². The highest BCUT2D eigenvalue weighted by molar-refractivity contribution is 6.05. The summed E-state index contributed by atoms with van der Waals surface area (Å²) in [5, 5.41) is 0.584. The van der Waals surface area contributed by atoms with Crippen LogP contribution in [0.5, 0.6) is 0 Å². The molecule has 0 radical (unpaired) electrons. The minimum Gasteiger partial charge on any atom is -0.358 e. The zero-order chi connectivity index (χ0) is 16.9. The lowest BCUT2D eigenvalue weighted by molar-refractivity contribution is 0.0775. The Kier molecular flexibility index (Phi) is 3.49. The van der Waals surface area contributed by atoms with Crippen molar-refractivity contribution in [3.63, 3.8) is 0 Å². The first kappa shape index (κ1) is 15.4. The van der Waals surface area contributed by atoms with Crippen LogP contribution in [0.4, 0.5) is 0 Å². The maximum absolute atomic E-state index is 13.1. The van der Waals surface area contributed by atoms with Crippen molar-refractivity contribution in [3.8, 4) is 0 Å². The summed E-state index contributed by atoms with van der Waals surface area (Å²) in [4.78, 5) is 32.8. The summed E-state index contributed by atoms with van der Waals surface area (Å²) in [6.45, 7) is 5.66. The Balaban J connectivity index is 1.69. The Bertz CT molecular complexity index is 873. The summed E-state index contributed by atoms with van der Waals surface area (Å²) >= 11 is 0. The molecule has 3 heterocycles. The lowest BCUT2D eigenvalue weighted by atomic mass is 9.86. The number of fused-ring (bicyclic) bond motifs is 1. The van der Waals surface area contributed by atoms with E-state index >= 15 is 0 Å². The van der Waals surface area contributed by atoms with E-state index in [2.05, 4.69) is 16.9 Å². The van der Waals surface area contributed by atoms with Crippen molar-refractivity contribution < 1.29 is 4.79 Å². The number of aryl methyl sites for hydroxylation is 1. The molecule has 0 aliphatic carbocycles. The lowest BCUT2D eigenvalue weighted by Gasteiger charge is -2.24. The van der Waals surface area contributed by atoms with Crippen LogP contribution in [0.2, 0.25) is 0 Å². The van der Waals surface area contributed by atoms with Crippen molar-refractivity contribution in [2.45, 2.75) is 19.8 Å². The summed E-state index contributed by atoms with van der Waals surface area (Å²) in [5.74, 6) is 0.0354. The molecule has 2 aliphatic heterocycles. The number of benzene rings is 1. The number of likely N-dealkylation sites (tertiary alicyclic amines) is 2. The molecule has 24 heavy (non-hydrogen) atoms. The summed E-state index contributed by atoms with van der Waals surface area (Å²) in [7, 11) is 2.15. The van der Waals surface area contributed by atoms with Crippen LogP contribution in [0, 0.1) is 12.3 Å². The molecule has 2 aliphatic rings. The zero-order valence-corrected chi connectivity index (χ0v) is 14.3. The second kappa shape index (κ2) is 5.45. The summed E-state index contributed by atoms with van der Waals surface area (Å²) in [5.41, 5.74) is 2.28. The molecule has 5 nitrogen and oxygen atoms in total. The molecule has 2 aromatic rings. The monoisotopic (exact) mass is 325 g/mol. The van der Waals surface area contributed by atoms with Gasteiger partial charge in [-0.05, 0) is 45.5 Å². The lowest BCUT2D eigenvalue weighted by Crippen LogP contribution is -2.33. The van der Waals surface area contributed by atoms with Crippen molar-refractivity contribution in [2.75, 3.05) is 33.2 Å². The van der Waals surface area contributed by atoms with Crippen LogP contribution in [-0.2, 0) is 0 Å². The predicted octanol–water partition coefficient (Wildman–Crippen LogP) is 2.00. The average molecular weight is 325 g/mol. The largest absolute Gasteiger partial charge is 0.358 e. The third-order valence-electron chi connectivity index (χ3n) is 5.58. The van der Waals surface area contributed by atoms with Gasteiger partial charge in [-0.25, -0.2) is 0 Å². The van der Waals surface area contributed by atoms with Gasteiger partial charge >= 0.3 is 0 Å². The number of pyridine rings is 1. The number of nitrogens with one attached hydrogen (secondary N) is 1. The second-order valence-corrected chi connectivity index (χ2v) is 7.51. The first-order valence-electron chi connectivity index (χ1n) is 8.58. The van der Waals surface area contributed by atoms with Crippen LogP contribution in [0.15, 0.2) is 29.1 Å². The number of carbonyl (C=O) groups is 1. The Hall–Kier alpha value is -2.14. The molecule has 4 rings (SSSR count). The summed E-state index contributed by atoms with van der Waals surface area (Å²) in [6.07, 6.45) is 2.24. The summed E-state index contributed by atoms with van der Waals surface area (Å²) in [6, 6.07) is 6.98. The molecule has 2 fully saturated rings. The molecule has 1 aromatic heterocycles. The average Bonchev–Trinajstić information content (AvgIpc) is 3.12. The highest BCUT2D eigenvalue weighted by atomic mass is 16.2. The molecule has 1 spiro atoms. The quantitative estimate of drug-likeness (QED) is 0.872. The first-order valence-corrected chi connectivity index (χ1v) is 8.58. The normalized spacial score (nSPS) is 24.3. The van der Waals surface area contributed by atoms with Crippen LogP contribution < -0.4 is 5.43 Å². The number of hydrogen-bond donors (Lipinski definition) is 1. The van der Waals surface area contributed by atoms with Crippen molar-refractivity contribution in [1.29, 1.82) is 0 Å². The number of rotatable bonds is 1. The van der Waals surface area contributed by atoms with Gasteiger partial charge in [-0.2, -0.15) is 0 Å². The third kappa shape index (κ3) is 2.44. The molecule has 0 saturated carbocycles. The Morgan fingerprint density at radius 1 is 1.21 bits per heavy atom. The Morgan fingerprint density at radius 3 is 2.75 bits per heavy atom. The van der Waals surface area contributed by atoms with E-state index < -0.39 is 0 Å². The van der Waals surface area contributed by atoms with Crippen molar-refractivity contribution in [2.24, 2.45) is 5.41 Å². The number of nitrogens with zero attached hydrogens (tertiary/aromatic N) is 2. The number of aromatic amines is 1. The number of carbonyl (C=O) groups excluding carboxylic acids is 1. The van der Waals surface area contributed by atoms with E-state index in [4.69, 9.17) is 0 Å². The molecular formula is C19H23N3O2. The van der Waals surface area contributed by atoms with Gasteiger partial charge in [-0.3, -0.25) is 9.59 Å². The third-order valence-corrected chi connectivity index (χ3v) is 5.58. The number of para-hydroxylation sites is 1. The van der Waals surface area contributed by atoms with Crippen LogP contribution >= 0.6 is 0 Å². The Morgan fingerprint density at radius 2 is 2.00 bits per heavy atom. The minimum atomic E-state index is -0.0359. The molecule has 1 aromatic carbocycles. The standard InChI is InChI=1S/C19H23N3O2/c1-13-10-16(23)14-4-3-5-15(17(14)20-13)18(24)22-9-7-19(12-22)6-8-21(2)11-19/h3-5,10H,6-9,11-12H2,1-2H3,(H,20,23)/t19-/m1/s1. The van der Waals surface area contributed by atoms with Crippen molar-refractivity contribution in [3.05, 3.63) is 45.7 Å². The predicted molar refractivity (Wildman–Crippen MR) is 94.4 cm³/mol. The number of amides is 1. The van der Waals surface area contributed by atoms with Gasteiger partial charge in [-0.1, -0.05) is 6.07 Å². The molecule has 1 amide bonds. The van der Waals surface area contributed by atoms with E-state index in [1.165, 1.54) is 6.42 Å². The van der Waals surface area contributed by atoms with E-state index in [9.17, 15) is 9.59 Å².